The topological polar surface area (TPSA) is 90.8 Å². The van der Waals surface area contributed by atoms with Crippen molar-refractivity contribution in [2.75, 3.05) is 26.8 Å². The van der Waals surface area contributed by atoms with Crippen LogP contribution in [0.25, 0.3) is 28.1 Å². The highest BCUT2D eigenvalue weighted by molar-refractivity contribution is 5.86. The van der Waals surface area contributed by atoms with Gasteiger partial charge >= 0.3 is 6.18 Å². The Morgan fingerprint density at radius 2 is 1.89 bits per heavy atom. The lowest BCUT2D eigenvalue weighted by atomic mass is 10.1. The molecule has 0 radical (unpaired) electrons. The third kappa shape index (κ3) is 5.97. The van der Waals surface area contributed by atoms with Crippen LogP contribution in [0.5, 0.6) is 5.75 Å². The van der Waals surface area contributed by atoms with Crippen LogP contribution in [-0.2, 0) is 4.74 Å². The van der Waals surface area contributed by atoms with Gasteiger partial charge in [0, 0.05) is 37.8 Å². The lowest BCUT2D eigenvalue weighted by Gasteiger charge is -2.30. The second-order valence-corrected chi connectivity index (χ2v) is 9.11. The molecule has 1 fully saturated rings. The predicted octanol–water partition coefficient (Wildman–Crippen LogP) is 4.84. The van der Waals surface area contributed by atoms with E-state index in [2.05, 4.69) is 10.2 Å². The number of hydrogen-bond acceptors (Lipinski definition) is 7. The lowest BCUT2D eigenvalue weighted by molar-refractivity contribution is -0.183. The van der Waals surface area contributed by atoms with Crippen molar-refractivity contribution in [1.82, 2.24) is 24.5 Å². The van der Waals surface area contributed by atoms with Crippen LogP contribution in [0.3, 0.4) is 0 Å². The summed E-state index contributed by atoms with van der Waals surface area (Å²) in [6.07, 6.45) is -2.68. The third-order valence-corrected chi connectivity index (χ3v) is 6.31. The largest absolute Gasteiger partial charge is 0.486 e. The van der Waals surface area contributed by atoms with E-state index in [4.69, 9.17) is 20.2 Å². The first-order valence-electron chi connectivity index (χ1n) is 11.7. The summed E-state index contributed by atoms with van der Waals surface area (Å²) < 4.78 is 55.2. The summed E-state index contributed by atoms with van der Waals surface area (Å²) in [6.45, 7) is 2.78. The monoisotopic (exact) mass is 572 g/mol. The molecule has 0 unspecified atom stereocenters. The molecule has 4 aromatic rings. The molecule has 0 amide bonds. The molecule has 3 aromatic heterocycles. The highest BCUT2D eigenvalue weighted by Crippen LogP contribution is 2.39. The molecule has 4 heterocycles. The van der Waals surface area contributed by atoms with Crippen LogP contribution in [0.2, 0.25) is 0 Å². The van der Waals surface area contributed by atoms with Crippen LogP contribution in [0, 0.1) is 0 Å². The van der Waals surface area contributed by atoms with Crippen LogP contribution in [0.15, 0.2) is 48.7 Å². The number of methoxy groups -OCH3 is 1. The quantitative estimate of drug-likeness (QED) is 0.339. The average Bonchev–Trinajstić information content (AvgIpc) is 3.44. The maximum atomic E-state index is 14.2. The van der Waals surface area contributed by atoms with Gasteiger partial charge in [-0.2, -0.15) is 13.2 Å². The Labute approximate surface area is 230 Å². The minimum Gasteiger partial charge on any atom is -0.486 e. The number of ether oxygens (including phenoxy) is 2. The van der Waals surface area contributed by atoms with E-state index in [0.717, 1.165) is 5.39 Å². The molecule has 0 aliphatic carbocycles. The molecule has 1 aliphatic heterocycles. The minimum atomic E-state index is -4.46. The molecule has 0 spiro atoms. The molecule has 3 atom stereocenters. The van der Waals surface area contributed by atoms with Gasteiger partial charge in [0.2, 0.25) is 0 Å². The van der Waals surface area contributed by atoms with Crippen molar-refractivity contribution in [1.29, 1.82) is 0 Å². The second-order valence-electron chi connectivity index (χ2n) is 9.11. The molecular weight excluding hydrogens is 544 g/mol. The van der Waals surface area contributed by atoms with Crippen molar-refractivity contribution in [3.05, 3.63) is 54.2 Å². The van der Waals surface area contributed by atoms with Gasteiger partial charge in [0.1, 0.15) is 29.1 Å². The van der Waals surface area contributed by atoms with Gasteiger partial charge < -0.3 is 15.2 Å². The summed E-state index contributed by atoms with van der Waals surface area (Å²) >= 11 is 0. The molecule has 1 aromatic carbocycles. The number of pyridine rings is 2. The van der Waals surface area contributed by atoms with Crippen molar-refractivity contribution in [2.24, 2.45) is 5.73 Å². The number of likely N-dealkylation sites (tertiary alicyclic amines) is 1. The third-order valence-electron chi connectivity index (χ3n) is 6.31. The molecule has 13 heteroatoms. The standard InChI is InChI=1S/C25H27F3N6O2.2ClH/c1-15(14-35-2)36-20-5-3-4-16-6-8-19(30-22(16)20)24-32-31-21-9-7-17(12-34(21)24)23(25(26,27)28)33-11-10-18(29)13-33;;/h3-9,12,15,18,23H,10-11,13-14,29H2,1-2H3;2*1H/t15-,18+,23-;;/m1../s1. The Hall–Kier alpha value is -2.70. The molecular formula is C25H29Cl2F3N6O2. The molecule has 5 rings (SSSR count). The molecule has 1 aliphatic rings. The molecule has 206 valence electrons. The Morgan fingerprint density at radius 1 is 1.11 bits per heavy atom. The van der Waals surface area contributed by atoms with Crippen molar-refractivity contribution < 1.29 is 22.6 Å². The van der Waals surface area contributed by atoms with Gasteiger partial charge in [0.15, 0.2) is 11.5 Å². The molecule has 38 heavy (non-hydrogen) atoms. The van der Waals surface area contributed by atoms with Crippen LogP contribution in [0.4, 0.5) is 13.2 Å². The molecule has 1 saturated heterocycles. The van der Waals surface area contributed by atoms with E-state index in [1.54, 1.807) is 23.6 Å². The van der Waals surface area contributed by atoms with Crippen LogP contribution < -0.4 is 10.5 Å². The number of hydrogen-bond donors (Lipinski definition) is 1. The van der Waals surface area contributed by atoms with Gasteiger partial charge in [0.05, 0.1) is 6.61 Å². The summed E-state index contributed by atoms with van der Waals surface area (Å²) in [5.74, 6) is 0.920. The Kier molecular flexibility index (Phi) is 9.43. The molecule has 0 bridgehead atoms. The fraction of sp³-hybridized carbons (Fsp3) is 0.400. The summed E-state index contributed by atoms with van der Waals surface area (Å²) in [5.41, 5.74) is 7.51. The normalized spacial score (nSPS) is 17.7. The highest BCUT2D eigenvalue weighted by Gasteiger charge is 2.46. The van der Waals surface area contributed by atoms with Crippen molar-refractivity contribution in [3.63, 3.8) is 0 Å². The van der Waals surface area contributed by atoms with E-state index in [-0.39, 0.29) is 55.6 Å². The number of aromatic nitrogens is 4. The number of fused-ring (bicyclic) bond motifs is 2. The Balaban J connectivity index is 0.00000200. The van der Waals surface area contributed by atoms with Crippen molar-refractivity contribution >= 4 is 41.4 Å². The first-order valence-corrected chi connectivity index (χ1v) is 11.7. The summed E-state index contributed by atoms with van der Waals surface area (Å²) in [7, 11) is 1.60. The van der Waals surface area contributed by atoms with Gasteiger partial charge in [0.25, 0.3) is 0 Å². The maximum absolute atomic E-state index is 14.2. The van der Waals surface area contributed by atoms with Crippen molar-refractivity contribution in [3.8, 4) is 17.3 Å². The summed E-state index contributed by atoms with van der Waals surface area (Å²) in [6, 6.07) is 10.2. The zero-order chi connectivity index (χ0) is 25.4. The highest BCUT2D eigenvalue weighted by atomic mass is 35.5. The maximum Gasteiger partial charge on any atom is 0.408 e. The number of para-hydroxylation sites is 1. The number of halogens is 5. The first kappa shape index (κ1) is 29.9. The van der Waals surface area contributed by atoms with Gasteiger partial charge in [-0.05, 0) is 37.1 Å². The minimum absolute atomic E-state index is 0. The van der Waals surface area contributed by atoms with E-state index in [1.165, 1.54) is 17.2 Å². The Morgan fingerprint density at radius 3 is 2.58 bits per heavy atom. The fourth-order valence-corrected chi connectivity index (χ4v) is 4.73. The number of benzene rings is 1. The number of rotatable bonds is 7. The lowest BCUT2D eigenvalue weighted by Crippen LogP contribution is -2.38. The molecule has 8 nitrogen and oxygen atoms in total. The van der Waals surface area contributed by atoms with Crippen LogP contribution in [-0.4, -0.2) is 69.6 Å². The Bertz CT molecular complexity index is 1390. The first-order chi connectivity index (χ1) is 17.2. The van der Waals surface area contributed by atoms with E-state index >= 15 is 0 Å². The van der Waals surface area contributed by atoms with Crippen LogP contribution >= 0.6 is 24.8 Å². The zero-order valence-corrected chi connectivity index (χ0v) is 22.4. The van der Waals surface area contributed by atoms with Gasteiger partial charge in [-0.15, -0.1) is 35.0 Å². The SMILES string of the molecule is COC[C@@H](C)Oc1cccc2ccc(-c3nnc4ccc([C@@H](N5CC[C@H](N)C5)C(F)(F)F)cn34)nc12.Cl.Cl. The van der Waals surface area contributed by atoms with Gasteiger partial charge in [-0.1, -0.05) is 24.3 Å². The smallest absolute Gasteiger partial charge is 0.408 e. The zero-order valence-electron chi connectivity index (χ0n) is 20.8. The van der Waals surface area contributed by atoms with Crippen molar-refractivity contribution in [2.45, 2.75) is 37.7 Å². The van der Waals surface area contributed by atoms with Gasteiger partial charge in [-0.25, -0.2) is 4.98 Å². The summed E-state index contributed by atoms with van der Waals surface area (Å²) in [5, 5.41) is 9.25. The predicted molar refractivity (Wildman–Crippen MR) is 143 cm³/mol. The number of nitrogens with zero attached hydrogens (tertiary/aromatic N) is 5. The second kappa shape index (κ2) is 12.0. The summed E-state index contributed by atoms with van der Waals surface area (Å²) in [4.78, 5) is 6.14. The fourth-order valence-electron chi connectivity index (χ4n) is 4.73. The number of nitrogens with two attached hydrogens (primary N) is 1. The van der Waals surface area contributed by atoms with Crippen LogP contribution in [0.1, 0.15) is 24.9 Å². The number of alkyl halides is 3. The molecule has 2 N–H and O–H groups in total. The average molecular weight is 573 g/mol. The van der Waals surface area contributed by atoms with Gasteiger partial charge in [-0.3, -0.25) is 9.30 Å². The molecule has 0 saturated carbocycles. The van der Waals surface area contributed by atoms with E-state index in [0.29, 0.717) is 41.5 Å². The van der Waals surface area contributed by atoms with E-state index in [9.17, 15) is 13.2 Å². The van der Waals surface area contributed by atoms with E-state index in [1.807, 2.05) is 31.2 Å². The van der Waals surface area contributed by atoms with E-state index < -0.39 is 12.2 Å².